The van der Waals surface area contributed by atoms with Gasteiger partial charge in [0.15, 0.2) is 0 Å². The monoisotopic (exact) mass is 402 g/mol. The van der Waals surface area contributed by atoms with E-state index in [4.69, 9.17) is 5.26 Å². The summed E-state index contributed by atoms with van der Waals surface area (Å²) >= 11 is 0. The van der Waals surface area contributed by atoms with E-state index in [-0.39, 0.29) is 18.3 Å². The number of nitriles is 1. The molecule has 0 saturated carbocycles. The van der Waals surface area contributed by atoms with Crippen LogP contribution in [0.15, 0.2) is 66.9 Å². The Balaban J connectivity index is 1.90. The Kier molecular flexibility index (Phi) is 6.76. The quantitative estimate of drug-likeness (QED) is 0.570. The van der Waals surface area contributed by atoms with Crippen LogP contribution in [0, 0.1) is 17.1 Å². The summed E-state index contributed by atoms with van der Waals surface area (Å²) in [4.78, 5) is 21.5. The van der Waals surface area contributed by atoms with Crippen LogP contribution in [0.3, 0.4) is 0 Å². The van der Waals surface area contributed by atoms with Gasteiger partial charge >= 0.3 is 0 Å². The Morgan fingerprint density at radius 1 is 1.00 bits per heavy atom. The number of anilines is 2. The van der Waals surface area contributed by atoms with Gasteiger partial charge in [0, 0.05) is 30.5 Å². The third-order valence-electron chi connectivity index (χ3n) is 4.88. The zero-order valence-corrected chi connectivity index (χ0v) is 17.0. The molecule has 3 aromatic rings. The van der Waals surface area contributed by atoms with Gasteiger partial charge in [0.25, 0.3) is 5.91 Å². The minimum atomic E-state index is -0.366. The molecule has 152 valence electrons. The van der Waals surface area contributed by atoms with E-state index in [9.17, 15) is 9.18 Å². The van der Waals surface area contributed by atoms with Crippen molar-refractivity contribution in [3.8, 4) is 6.07 Å². The molecular formula is C24H23FN4O. The van der Waals surface area contributed by atoms with Gasteiger partial charge in [0.1, 0.15) is 11.6 Å². The summed E-state index contributed by atoms with van der Waals surface area (Å²) in [6.07, 6.45) is 1.76. The van der Waals surface area contributed by atoms with E-state index in [1.54, 1.807) is 47.5 Å². The SMILES string of the molecule is CCN(CC)c1ccc(CN(C(=O)c2ccc(C#N)cc2)c2ccc(F)cc2)cn1. The van der Waals surface area contributed by atoms with Gasteiger partial charge in [0.2, 0.25) is 0 Å². The number of halogens is 1. The fourth-order valence-corrected chi connectivity index (χ4v) is 3.17. The lowest BCUT2D eigenvalue weighted by molar-refractivity contribution is 0.0985. The topological polar surface area (TPSA) is 60.2 Å². The molecule has 6 heteroatoms. The lowest BCUT2D eigenvalue weighted by Crippen LogP contribution is -2.30. The normalized spacial score (nSPS) is 10.3. The maximum atomic E-state index is 13.4. The smallest absolute Gasteiger partial charge is 0.258 e. The average Bonchev–Trinajstić information content (AvgIpc) is 2.79. The highest BCUT2D eigenvalue weighted by atomic mass is 19.1. The van der Waals surface area contributed by atoms with Gasteiger partial charge in [-0.25, -0.2) is 9.37 Å². The molecule has 1 aromatic heterocycles. The fourth-order valence-electron chi connectivity index (χ4n) is 3.17. The number of hydrogen-bond acceptors (Lipinski definition) is 4. The Bertz CT molecular complexity index is 1020. The largest absolute Gasteiger partial charge is 0.357 e. The molecule has 0 atom stereocenters. The first kappa shape index (κ1) is 21.0. The Morgan fingerprint density at radius 2 is 1.67 bits per heavy atom. The molecule has 0 radical (unpaired) electrons. The van der Waals surface area contributed by atoms with Crippen molar-refractivity contribution in [2.24, 2.45) is 0 Å². The molecular weight excluding hydrogens is 379 g/mol. The van der Waals surface area contributed by atoms with Crippen molar-refractivity contribution in [1.82, 2.24) is 4.98 Å². The van der Waals surface area contributed by atoms with Crippen molar-refractivity contribution < 1.29 is 9.18 Å². The average molecular weight is 402 g/mol. The molecule has 1 heterocycles. The highest BCUT2D eigenvalue weighted by Gasteiger charge is 2.19. The van der Waals surface area contributed by atoms with E-state index in [1.807, 2.05) is 18.2 Å². The Labute approximate surface area is 176 Å². The van der Waals surface area contributed by atoms with Crippen molar-refractivity contribution in [3.05, 3.63) is 89.4 Å². The van der Waals surface area contributed by atoms with Crippen LogP contribution < -0.4 is 9.80 Å². The number of hydrogen-bond donors (Lipinski definition) is 0. The van der Waals surface area contributed by atoms with Crippen molar-refractivity contribution in [2.45, 2.75) is 20.4 Å². The maximum Gasteiger partial charge on any atom is 0.258 e. The van der Waals surface area contributed by atoms with E-state index < -0.39 is 0 Å². The molecule has 0 saturated heterocycles. The van der Waals surface area contributed by atoms with Gasteiger partial charge in [-0.05, 0) is 74.0 Å². The molecule has 0 aliphatic rings. The van der Waals surface area contributed by atoms with E-state index in [0.717, 1.165) is 24.5 Å². The summed E-state index contributed by atoms with van der Waals surface area (Å²) in [6, 6.07) is 18.2. The van der Waals surface area contributed by atoms with Crippen LogP contribution in [-0.2, 0) is 6.54 Å². The summed E-state index contributed by atoms with van der Waals surface area (Å²) < 4.78 is 13.4. The second-order valence-electron chi connectivity index (χ2n) is 6.75. The zero-order valence-electron chi connectivity index (χ0n) is 17.0. The zero-order chi connectivity index (χ0) is 21.5. The van der Waals surface area contributed by atoms with Gasteiger partial charge < -0.3 is 9.80 Å². The Morgan fingerprint density at radius 3 is 2.20 bits per heavy atom. The first-order chi connectivity index (χ1) is 14.5. The van der Waals surface area contributed by atoms with Gasteiger partial charge in [0.05, 0.1) is 18.2 Å². The van der Waals surface area contributed by atoms with Gasteiger partial charge in [-0.3, -0.25) is 4.79 Å². The van der Waals surface area contributed by atoms with E-state index >= 15 is 0 Å². The predicted octanol–water partition coefficient (Wildman–Crippen LogP) is 4.79. The number of amides is 1. The van der Waals surface area contributed by atoms with E-state index in [0.29, 0.717) is 16.8 Å². The highest BCUT2D eigenvalue weighted by molar-refractivity contribution is 6.06. The molecule has 0 bridgehead atoms. The lowest BCUT2D eigenvalue weighted by atomic mass is 10.1. The molecule has 5 nitrogen and oxygen atoms in total. The molecule has 0 aliphatic carbocycles. The molecule has 0 fully saturated rings. The first-order valence-electron chi connectivity index (χ1n) is 9.83. The second kappa shape index (κ2) is 9.66. The molecule has 1 amide bonds. The third kappa shape index (κ3) is 4.81. The third-order valence-corrected chi connectivity index (χ3v) is 4.88. The van der Waals surface area contributed by atoms with E-state index in [1.165, 1.54) is 12.1 Å². The molecule has 0 aliphatic heterocycles. The standard InChI is InChI=1S/C24H23FN4O/c1-3-28(4-2)23-14-7-19(16-27-23)17-29(22-12-10-21(25)11-13-22)24(30)20-8-5-18(15-26)6-9-20/h5-14,16H,3-4,17H2,1-2H3. The first-order valence-corrected chi connectivity index (χ1v) is 9.83. The minimum Gasteiger partial charge on any atom is -0.357 e. The number of carbonyl (C=O) groups is 1. The van der Waals surface area contributed by atoms with Gasteiger partial charge in [-0.2, -0.15) is 5.26 Å². The predicted molar refractivity (Wildman–Crippen MR) is 116 cm³/mol. The summed E-state index contributed by atoms with van der Waals surface area (Å²) in [5.41, 5.74) is 2.37. The van der Waals surface area contributed by atoms with Crippen LogP contribution in [0.2, 0.25) is 0 Å². The number of carbonyl (C=O) groups excluding carboxylic acids is 1. The molecule has 3 rings (SSSR count). The number of nitrogens with zero attached hydrogens (tertiary/aromatic N) is 4. The summed E-state index contributed by atoms with van der Waals surface area (Å²) in [6.45, 7) is 6.16. The molecule has 2 aromatic carbocycles. The van der Waals surface area contributed by atoms with Crippen LogP contribution in [0.4, 0.5) is 15.9 Å². The van der Waals surface area contributed by atoms with E-state index in [2.05, 4.69) is 23.7 Å². The van der Waals surface area contributed by atoms with Crippen LogP contribution >= 0.6 is 0 Å². The fraction of sp³-hybridized carbons (Fsp3) is 0.208. The lowest BCUT2D eigenvalue weighted by Gasteiger charge is -2.24. The van der Waals surface area contributed by atoms with Crippen molar-refractivity contribution in [3.63, 3.8) is 0 Å². The molecule has 30 heavy (non-hydrogen) atoms. The van der Waals surface area contributed by atoms with Crippen LogP contribution in [0.25, 0.3) is 0 Å². The Hall–Kier alpha value is -3.72. The number of pyridine rings is 1. The highest BCUT2D eigenvalue weighted by Crippen LogP contribution is 2.22. The maximum absolute atomic E-state index is 13.4. The van der Waals surface area contributed by atoms with Crippen LogP contribution in [0.1, 0.15) is 35.3 Å². The molecule has 0 N–H and O–H groups in total. The van der Waals surface area contributed by atoms with Crippen LogP contribution in [0.5, 0.6) is 0 Å². The molecule has 0 spiro atoms. The van der Waals surface area contributed by atoms with Crippen molar-refractivity contribution in [1.29, 1.82) is 5.26 Å². The number of benzene rings is 2. The van der Waals surface area contributed by atoms with Crippen molar-refractivity contribution >= 4 is 17.4 Å². The summed E-state index contributed by atoms with van der Waals surface area (Å²) in [5, 5.41) is 8.98. The van der Waals surface area contributed by atoms with Gasteiger partial charge in [-0.1, -0.05) is 6.07 Å². The minimum absolute atomic E-state index is 0.237. The molecule has 0 unspecified atom stereocenters. The number of rotatable bonds is 7. The van der Waals surface area contributed by atoms with Crippen molar-refractivity contribution in [2.75, 3.05) is 22.9 Å². The second-order valence-corrected chi connectivity index (χ2v) is 6.75. The summed E-state index contributed by atoms with van der Waals surface area (Å²) in [7, 11) is 0. The number of aromatic nitrogens is 1. The van der Waals surface area contributed by atoms with Crippen LogP contribution in [-0.4, -0.2) is 24.0 Å². The van der Waals surface area contributed by atoms with Gasteiger partial charge in [-0.15, -0.1) is 0 Å². The summed E-state index contributed by atoms with van der Waals surface area (Å²) in [5.74, 6) is 0.282.